The summed E-state index contributed by atoms with van der Waals surface area (Å²) in [4.78, 5) is 30.0. The van der Waals surface area contributed by atoms with Crippen LogP contribution in [0.15, 0.2) is 48.0 Å². The summed E-state index contributed by atoms with van der Waals surface area (Å²) in [6.07, 6.45) is 4.82. The van der Waals surface area contributed by atoms with Crippen molar-refractivity contribution >= 4 is 52.2 Å². The molecule has 2 aliphatic rings. The predicted octanol–water partition coefficient (Wildman–Crippen LogP) is 4.95. The van der Waals surface area contributed by atoms with Crippen molar-refractivity contribution < 1.29 is 19.1 Å². The van der Waals surface area contributed by atoms with Crippen LogP contribution in [-0.2, 0) is 9.59 Å². The molecule has 2 aromatic carbocycles. The number of ether oxygens (including phenoxy) is 2. The summed E-state index contributed by atoms with van der Waals surface area (Å²) in [5, 5.41) is 2.67. The van der Waals surface area contributed by atoms with Crippen molar-refractivity contribution in [3.63, 3.8) is 0 Å². The van der Waals surface area contributed by atoms with E-state index in [1.54, 1.807) is 44.6 Å². The minimum Gasteiger partial charge on any atom is -0.497 e. The highest BCUT2D eigenvalue weighted by atomic mass is 32.1. The maximum atomic E-state index is 13.5. The van der Waals surface area contributed by atoms with Crippen LogP contribution in [0.3, 0.4) is 0 Å². The SMILES string of the molecule is CCCN1c2cc(OC)c(/C=C3/C(=O)NC(=S)N(c4ccc(OC)cc4)C3=O)cc2C(C)=CC1(C)C. The van der Waals surface area contributed by atoms with Gasteiger partial charge < -0.3 is 14.4 Å². The maximum Gasteiger partial charge on any atom is 0.270 e. The summed E-state index contributed by atoms with van der Waals surface area (Å²) in [6.45, 7) is 9.51. The Morgan fingerprint density at radius 3 is 2.39 bits per heavy atom. The van der Waals surface area contributed by atoms with Gasteiger partial charge in [-0.2, -0.15) is 0 Å². The quantitative estimate of drug-likeness (QED) is 0.340. The lowest BCUT2D eigenvalue weighted by atomic mass is 9.87. The van der Waals surface area contributed by atoms with Gasteiger partial charge in [-0.3, -0.25) is 19.8 Å². The average Bonchev–Trinajstić information content (AvgIpc) is 2.84. The Hall–Kier alpha value is -3.65. The Labute approximate surface area is 217 Å². The van der Waals surface area contributed by atoms with E-state index in [9.17, 15) is 9.59 Å². The summed E-state index contributed by atoms with van der Waals surface area (Å²) in [7, 11) is 3.16. The molecule has 0 aromatic heterocycles. The molecule has 2 aliphatic heterocycles. The number of carbonyl (C=O) groups is 2. The van der Waals surface area contributed by atoms with Crippen LogP contribution >= 0.6 is 12.2 Å². The van der Waals surface area contributed by atoms with Crippen LogP contribution in [0.5, 0.6) is 11.5 Å². The number of nitrogens with one attached hydrogen (secondary N) is 1. The van der Waals surface area contributed by atoms with Crippen molar-refractivity contribution in [3.05, 3.63) is 59.2 Å². The minimum absolute atomic E-state index is 0.0270. The molecular formula is C28H31N3O4S. The summed E-state index contributed by atoms with van der Waals surface area (Å²) in [5.41, 5.74) is 4.24. The minimum atomic E-state index is -0.546. The Kier molecular flexibility index (Phi) is 6.91. The van der Waals surface area contributed by atoms with Gasteiger partial charge in [-0.15, -0.1) is 0 Å². The predicted molar refractivity (Wildman–Crippen MR) is 148 cm³/mol. The fraction of sp³-hybridized carbons (Fsp3) is 0.321. The standard InChI is InChI=1S/C28H31N3O4S/c1-7-12-30-23-15-24(35-6)18(13-21(23)17(2)16-28(30,3)4)14-22-25(32)29-27(36)31(26(22)33)19-8-10-20(34-5)11-9-19/h8-11,13-16H,7,12H2,1-6H3,(H,29,32,36)/b22-14-. The molecule has 8 heteroatoms. The third-order valence-corrected chi connectivity index (χ3v) is 6.79. The normalized spacial score (nSPS) is 18.1. The van der Waals surface area contributed by atoms with Crippen molar-refractivity contribution in [1.82, 2.24) is 5.32 Å². The van der Waals surface area contributed by atoms with E-state index in [1.807, 2.05) is 12.1 Å². The number of allylic oxidation sites excluding steroid dienone is 1. The Morgan fingerprint density at radius 1 is 1.08 bits per heavy atom. The van der Waals surface area contributed by atoms with E-state index in [2.05, 4.69) is 44.0 Å². The highest BCUT2D eigenvalue weighted by Gasteiger charge is 2.36. The third-order valence-electron chi connectivity index (χ3n) is 6.51. The van der Waals surface area contributed by atoms with Crippen LogP contribution in [0.2, 0.25) is 0 Å². The van der Waals surface area contributed by atoms with Gasteiger partial charge in [-0.1, -0.05) is 13.0 Å². The molecule has 1 saturated heterocycles. The number of methoxy groups -OCH3 is 2. The van der Waals surface area contributed by atoms with Crippen LogP contribution in [0.25, 0.3) is 11.6 Å². The first-order chi connectivity index (χ1) is 17.1. The second-order valence-electron chi connectivity index (χ2n) is 9.40. The summed E-state index contributed by atoms with van der Waals surface area (Å²) < 4.78 is 10.9. The molecule has 0 saturated carbocycles. The molecule has 2 amide bonds. The van der Waals surface area contributed by atoms with Gasteiger partial charge in [0.25, 0.3) is 11.8 Å². The van der Waals surface area contributed by atoms with Crippen molar-refractivity contribution in [2.24, 2.45) is 0 Å². The molecular weight excluding hydrogens is 474 g/mol. The second-order valence-corrected chi connectivity index (χ2v) is 9.79. The molecule has 2 aromatic rings. The molecule has 0 spiro atoms. The van der Waals surface area contributed by atoms with Gasteiger partial charge in [0.05, 0.1) is 25.4 Å². The molecule has 0 radical (unpaired) electrons. The van der Waals surface area contributed by atoms with Crippen LogP contribution in [0, 0.1) is 0 Å². The van der Waals surface area contributed by atoms with E-state index in [-0.39, 0.29) is 16.2 Å². The molecule has 2 heterocycles. The number of nitrogens with zero attached hydrogens (tertiary/aromatic N) is 2. The molecule has 1 N–H and O–H groups in total. The van der Waals surface area contributed by atoms with Gasteiger partial charge in [0, 0.05) is 29.4 Å². The van der Waals surface area contributed by atoms with E-state index in [4.69, 9.17) is 21.7 Å². The zero-order chi connectivity index (χ0) is 26.2. The molecule has 188 valence electrons. The molecule has 1 fully saturated rings. The number of benzene rings is 2. The smallest absolute Gasteiger partial charge is 0.270 e. The first kappa shape index (κ1) is 25.4. The summed E-state index contributed by atoms with van der Waals surface area (Å²) in [6, 6.07) is 10.9. The van der Waals surface area contributed by atoms with E-state index < -0.39 is 11.8 Å². The molecule has 0 atom stereocenters. The Bertz CT molecular complexity index is 1290. The fourth-order valence-corrected chi connectivity index (χ4v) is 5.10. The molecule has 0 bridgehead atoms. The van der Waals surface area contributed by atoms with E-state index in [1.165, 1.54) is 4.90 Å². The molecule has 36 heavy (non-hydrogen) atoms. The average molecular weight is 506 g/mol. The van der Waals surface area contributed by atoms with Crippen LogP contribution < -0.4 is 24.6 Å². The van der Waals surface area contributed by atoms with Crippen LogP contribution in [0.1, 0.15) is 45.2 Å². The topological polar surface area (TPSA) is 71.1 Å². The largest absolute Gasteiger partial charge is 0.497 e. The summed E-state index contributed by atoms with van der Waals surface area (Å²) in [5.74, 6) is 0.180. The summed E-state index contributed by atoms with van der Waals surface area (Å²) >= 11 is 5.32. The zero-order valence-electron chi connectivity index (χ0n) is 21.5. The van der Waals surface area contributed by atoms with Gasteiger partial charge in [0.2, 0.25) is 0 Å². The van der Waals surface area contributed by atoms with Gasteiger partial charge in [0.1, 0.15) is 17.1 Å². The number of fused-ring (bicyclic) bond motifs is 1. The fourth-order valence-electron chi connectivity index (χ4n) is 4.82. The van der Waals surface area contributed by atoms with E-state index >= 15 is 0 Å². The lowest BCUT2D eigenvalue weighted by Gasteiger charge is -2.43. The lowest BCUT2D eigenvalue weighted by molar-refractivity contribution is -0.122. The van der Waals surface area contributed by atoms with Crippen LogP contribution in [-0.4, -0.2) is 43.2 Å². The van der Waals surface area contributed by atoms with Gasteiger partial charge >= 0.3 is 0 Å². The Morgan fingerprint density at radius 2 is 1.78 bits per heavy atom. The monoisotopic (exact) mass is 505 g/mol. The Balaban J connectivity index is 1.80. The van der Waals surface area contributed by atoms with Crippen molar-refractivity contribution in [2.45, 2.75) is 39.7 Å². The van der Waals surface area contributed by atoms with Crippen LogP contribution in [0.4, 0.5) is 11.4 Å². The molecule has 0 aliphatic carbocycles. The van der Waals surface area contributed by atoms with Gasteiger partial charge in [0.15, 0.2) is 5.11 Å². The second kappa shape index (κ2) is 9.78. The van der Waals surface area contributed by atoms with E-state index in [0.717, 1.165) is 29.8 Å². The van der Waals surface area contributed by atoms with E-state index in [0.29, 0.717) is 22.7 Å². The zero-order valence-corrected chi connectivity index (χ0v) is 22.3. The van der Waals surface area contributed by atoms with Gasteiger partial charge in [-0.25, -0.2) is 0 Å². The van der Waals surface area contributed by atoms with Gasteiger partial charge in [-0.05, 0) is 81.4 Å². The highest BCUT2D eigenvalue weighted by molar-refractivity contribution is 7.80. The first-order valence-electron chi connectivity index (χ1n) is 11.9. The molecule has 0 unspecified atom stereocenters. The highest BCUT2D eigenvalue weighted by Crippen LogP contribution is 2.43. The number of anilines is 2. The van der Waals surface area contributed by atoms with Crippen molar-refractivity contribution in [3.8, 4) is 11.5 Å². The first-order valence-corrected chi connectivity index (χ1v) is 12.3. The molecule has 7 nitrogen and oxygen atoms in total. The number of hydrogen-bond donors (Lipinski definition) is 1. The number of amides is 2. The number of carbonyl (C=O) groups excluding carboxylic acids is 2. The number of rotatable bonds is 6. The molecule has 4 rings (SSSR count). The lowest BCUT2D eigenvalue weighted by Crippen LogP contribution is -2.54. The van der Waals surface area contributed by atoms with Crippen molar-refractivity contribution in [1.29, 1.82) is 0 Å². The number of thiocarbonyl (C=S) groups is 1. The van der Waals surface area contributed by atoms with Crippen molar-refractivity contribution in [2.75, 3.05) is 30.6 Å². The maximum absolute atomic E-state index is 13.5. The third kappa shape index (κ3) is 4.48. The number of hydrogen-bond acceptors (Lipinski definition) is 6.